The van der Waals surface area contributed by atoms with Crippen LogP contribution in [0.4, 0.5) is 0 Å². The van der Waals surface area contributed by atoms with Gasteiger partial charge in [0, 0.05) is 36.9 Å². The predicted molar refractivity (Wildman–Crippen MR) is 257 cm³/mol. The van der Waals surface area contributed by atoms with Crippen LogP contribution in [0.3, 0.4) is 0 Å². The molecule has 315 valence electrons. The zero-order valence-electron chi connectivity index (χ0n) is 37.1. The number of furan rings is 1. The van der Waals surface area contributed by atoms with E-state index in [1.807, 2.05) is 37.3 Å². The molecule has 10 rings (SSSR count). The number of nitrogens with zero attached hydrogens (tertiary/aromatic N) is 4. The molecule has 0 unspecified atom stereocenters. The summed E-state index contributed by atoms with van der Waals surface area (Å²) >= 11 is -1.83. The molecule has 7 heteroatoms. The number of benzene rings is 5. The third-order valence-corrected chi connectivity index (χ3v) is 16.4. The molecule has 4 heterocycles. The van der Waals surface area contributed by atoms with E-state index in [2.05, 4.69) is 158 Å². The van der Waals surface area contributed by atoms with E-state index in [0.29, 0.717) is 17.5 Å². The standard InChI is InChI=1S/C37H32N3O.C18H22GeN.Ir/c1-22(2)30-20-26(25-12-7-6-8-13-25)21-31(23(3)4)34(30)40-33-17-10-9-16-32(33)39-36(40)29-15-11-14-27-28-19-18-24(5)38-37(28)41-35(27)29;1-19(2,3)17-13-20-18(14-9-5-4-6-10-14)16-12-8-7-11-15(16)17;/h6-14,16-23H,1-5H3;4-6,9,13H,7-8,11-12H2,1-3H3;/q2*-1;. The maximum Gasteiger partial charge on any atom is 0 e. The van der Waals surface area contributed by atoms with Gasteiger partial charge in [-0.15, -0.1) is 18.2 Å². The minimum Gasteiger partial charge on any atom is 0 e. The summed E-state index contributed by atoms with van der Waals surface area (Å²) in [5.74, 6) is 8.82. The van der Waals surface area contributed by atoms with Gasteiger partial charge in [-0.3, -0.25) is 4.98 Å². The van der Waals surface area contributed by atoms with E-state index in [1.54, 1.807) is 9.96 Å². The molecule has 0 aliphatic heterocycles. The minimum absolute atomic E-state index is 0. The van der Waals surface area contributed by atoms with Gasteiger partial charge in [0.1, 0.15) is 0 Å². The molecule has 0 N–H and O–H groups in total. The van der Waals surface area contributed by atoms with Crippen LogP contribution in [0, 0.1) is 19.1 Å². The maximum atomic E-state index is 6.44. The molecule has 9 aromatic rings. The third-order valence-electron chi connectivity index (χ3n) is 12.1. The van der Waals surface area contributed by atoms with E-state index in [1.165, 1.54) is 64.9 Å². The Morgan fingerprint density at radius 1 is 0.694 bits per heavy atom. The van der Waals surface area contributed by atoms with Crippen molar-refractivity contribution in [2.24, 2.45) is 0 Å². The molecule has 5 aromatic carbocycles. The molecule has 0 bridgehead atoms. The van der Waals surface area contributed by atoms with Crippen LogP contribution in [0.15, 0.2) is 126 Å². The van der Waals surface area contributed by atoms with Crippen molar-refractivity contribution in [2.45, 2.75) is 89.4 Å². The molecule has 0 saturated heterocycles. The largest absolute Gasteiger partial charge is 0 e. The summed E-state index contributed by atoms with van der Waals surface area (Å²) < 4.78 is 10.4. The Balaban J connectivity index is 0.000000212. The molecule has 0 fully saturated rings. The summed E-state index contributed by atoms with van der Waals surface area (Å²) in [6.07, 6.45) is 7.25. The molecule has 1 radical (unpaired) electrons. The summed E-state index contributed by atoms with van der Waals surface area (Å²) in [4.78, 5) is 14.8. The Bertz CT molecular complexity index is 3000. The second-order valence-electron chi connectivity index (χ2n) is 18.2. The summed E-state index contributed by atoms with van der Waals surface area (Å²) in [7, 11) is 0. The number of rotatable bonds is 7. The zero-order valence-corrected chi connectivity index (χ0v) is 41.6. The number of fused-ring (bicyclic) bond motifs is 5. The fraction of sp³-hybridized carbons (Fsp3) is 0.255. The predicted octanol–water partition coefficient (Wildman–Crippen LogP) is 14.0. The van der Waals surface area contributed by atoms with Gasteiger partial charge in [0.25, 0.3) is 0 Å². The van der Waals surface area contributed by atoms with Crippen LogP contribution in [0.2, 0.25) is 17.3 Å². The zero-order chi connectivity index (χ0) is 42.4. The normalized spacial score (nSPS) is 12.7. The molecule has 4 aromatic heterocycles. The molecule has 1 aliphatic rings. The first kappa shape index (κ1) is 43.5. The van der Waals surface area contributed by atoms with Crippen molar-refractivity contribution in [3.05, 3.63) is 162 Å². The average molecular weight is 1050 g/mol. The molecule has 0 spiro atoms. The van der Waals surface area contributed by atoms with Gasteiger partial charge >= 0.3 is 125 Å². The number of para-hydroxylation sites is 2. The van der Waals surface area contributed by atoms with Crippen molar-refractivity contribution in [3.63, 3.8) is 0 Å². The van der Waals surface area contributed by atoms with Gasteiger partial charge in [0.05, 0.1) is 22.4 Å². The van der Waals surface area contributed by atoms with Gasteiger partial charge < -0.3 is 8.98 Å². The number of hydrogen-bond acceptors (Lipinski definition) is 4. The Hall–Kier alpha value is -5.14. The van der Waals surface area contributed by atoms with Crippen LogP contribution in [-0.2, 0) is 32.9 Å². The quantitative estimate of drug-likeness (QED) is 0.118. The number of imidazole rings is 1. The van der Waals surface area contributed by atoms with Gasteiger partial charge in [-0.1, -0.05) is 81.1 Å². The van der Waals surface area contributed by atoms with Crippen molar-refractivity contribution in [3.8, 4) is 39.5 Å². The molecule has 5 nitrogen and oxygen atoms in total. The average Bonchev–Trinajstić information content (AvgIpc) is 3.84. The fourth-order valence-corrected chi connectivity index (χ4v) is 12.5. The van der Waals surface area contributed by atoms with Crippen molar-refractivity contribution in [1.82, 2.24) is 19.5 Å². The summed E-state index contributed by atoms with van der Waals surface area (Å²) in [6, 6.07) is 47.0. The number of aryl methyl sites for hydroxylation is 1. The first-order chi connectivity index (χ1) is 29.5. The first-order valence-electron chi connectivity index (χ1n) is 21.9. The molecular formula is C55H54GeIrN4O-2. The summed E-state index contributed by atoms with van der Waals surface area (Å²) in [5, 5.41) is 2.02. The smallest absolute Gasteiger partial charge is 0 e. The number of hydrogen-bond donors (Lipinski definition) is 0. The first-order valence-corrected chi connectivity index (χ1v) is 29.2. The number of aromatic nitrogens is 4. The van der Waals surface area contributed by atoms with Crippen LogP contribution in [0.5, 0.6) is 0 Å². The minimum atomic E-state index is -1.83. The van der Waals surface area contributed by atoms with E-state index in [9.17, 15) is 0 Å². The molecule has 0 saturated carbocycles. The molecule has 62 heavy (non-hydrogen) atoms. The molecular weight excluding hydrogens is 997 g/mol. The van der Waals surface area contributed by atoms with Crippen LogP contribution in [0.1, 0.15) is 80.3 Å². The van der Waals surface area contributed by atoms with Gasteiger partial charge in [-0.25, -0.2) is 4.98 Å². The second kappa shape index (κ2) is 17.9. The van der Waals surface area contributed by atoms with E-state index >= 15 is 0 Å². The number of pyridine rings is 2. The second-order valence-corrected chi connectivity index (χ2v) is 28.7. The Morgan fingerprint density at radius 2 is 1.39 bits per heavy atom. The molecule has 0 amide bonds. The maximum absolute atomic E-state index is 6.44. The fourth-order valence-electron chi connectivity index (χ4n) is 9.08. The van der Waals surface area contributed by atoms with E-state index < -0.39 is 13.3 Å². The van der Waals surface area contributed by atoms with E-state index in [0.717, 1.165) is 50.0 Å². The van der Waals surface area contributed by atoms with Crippen LogP contribution < -0.4 is 4.40 Å². The van der Waals surface area contributed by atoms with Gasteiger partial charge in [-0.2, -0.15) is 0 Å². The van der Waals surface area contributed by atoms with Gasteiger partial charge in [0.2, 0.25) is 5.71 Å². The summed E-state index contributed by atoms with van der Waals surface area (Å²) in [6.45, 7) is 11.1. The SMILES string of the molecule is Cc1ccc2c(n1)oc1c(-c3nc4ccccc4n3-c3c(C(C)C)cc(-c4ccccc4)cc3C(C)C)[c-]ccc12.[CH3][Ge]([CH3])([CH3])[c]1cnc(-c2[c-]cccc2)c2c1CCCC2.[Ir]. The molecule has 1 aliphatic carbocycles. The Labute approximate surface area is 382 Å². The van der Waals surface area contributed by atoms with Crippen LogP contribution in [0.25, 0.3) is 72.6 Å². The van der Waals surface area contributed by atoms with Crippen molar-refractivity contribution in [2.75, 3.05) is 0 Å². The topological polar surface area (TPSA) is 56.7 Å². The van der Waals surface area contributed by atoms with Gasteiger partial charge in [0.15, 0.2) is 0 Å². The third kappa shape index (κ3) is 8.25. The van der Waals surface area contributed by atoms with Crippen molar-refractivity contribution in [1.29, 1.82) is 0 Å². The van der Waals surface area contributed by atoms with Crippen molar-refractivity contribution >= 4 is 50.8 Å². The monoisotopic (exact) mass is 1050 g/mol. The van der Waals surface area contributed by atoms with Crippen LogP contribution >= 0.6 is 0 Å². The van der Waals surface area contributed by atoms with E-state index in [4.69, 9.17) is 14.4 Å². The molecule has 0 atom stereocenters. The Morgan fingerprint density at radius 3 is 2.08 bits per heavy atom. The summed E-state index contributed by atoms with van der Waals surface area (Å²) in [5.41, 5.74) is 16.9. The van der Waals surface area contributed by atoms with Crippen LogP contribution in [-0.4, -0.2) is 32.8 Å². The van der Waals surface area contributed by atoms with Gasteiger partial charge in [-0.05, 0) is 77.4 Å². The Kier molecular flexibility index (Phi) is 12.6. The van der Waals surface area contributed by atoms with Crippen molar-refractivity contribution < 1.29 is 24.5 Å². The van der Waals surface area contributed by atoms with E-state index in [-0.39, 0.29) is 20.1 Å².